The van der Waals surface area contributed by atoms with Crippen LogP contribution in [0.25, 0.3) is 0 Å². The van der Waals surface area contributed by atoms with E-state index in [4.69, 9.17) is 16.3 Å². The minimum atomic E-state index is -1.17. The molecule has 1 aliphatic carbocycles. The Balaban J connectivity index is 1.27. The van der Waals surface area contributed by atoms with Gasteiger partial charge in [0.1, 0.15) is 11.6 Å². The highest BCUT2D eigenvalue weighted by Gasteiger charge is 2.72. The smallest absolute Gasteiger partial charge is 0.246 e. The summed E-state index contributed by atoms with van der Waals surface area (Å²) in [7, 11) is 0. The van der Waals surface area contributed by atoms with Crippen LogP contribution in [0.2, 0.25) is 5.02 Å². The molecule has 4 aliphatic rings. The molecule has 2 saturated heterocycles. The molecule has 222 valence electrons. The number of likely N-dealkylation sites (tertiary alicyclic amines) is 1. The number of carbonyl (C=O) groups is 3. The van der Waals surface area contributed by atoms with Gasteiger partial charge in [-0.2, -0.15) is 0 Å². The summed E-state index contributed by atoms with van der Waals surface area (Å²) in [6, 6.07) is 14.5. The Kier molecular flexibility index (Phi) is 7.92. The fourth-order valence-electron chi connectivity index (χ4n) is 7.38. The number of ether oxygens (including phenoxy) is 1. The third-order valence-corrected chi connectivity index (χ3v) is 10.0. The molecular formula is C34H40ClN3O4. The second kappa shape index (κ2) is 11.5. The lowest BCUT2D eigenvalue weighted by Gasteiger charge is -2.36. The van der Waals surface area contributed by atoms with Crippen LogP contribution in [0.5, 0.6) is 0 Å². The number of nitrogens with zero attached hydrogens (tertiary/aromatic N) is 1. The molecule has 0 aromatic heterocycles. The maximum atomic E-state index is 14.2. The Morgan fingerprint density at radius 1 is 1.05 bits per heavy atom. The van der Waals surface area contributed by atoms with Crippen molar-refractivity contribution >= 4 is 35.0 Å². The number of anilines is 1. The van der Waals surface area contributed by atoms with Gasteiger partial charge in [0.2, 0.25) is 17.7 Å². The molecule has 2 aromatic rings. The van der Waals surface area contributed by atoms with Gasteiger partial charge in [0.05, 0.1) is 17.9 Å². The zero-order valence-electron chi connectivity index (χ0n) is 24.5. The maximum absolute atomic E-state index is 14.2. The first kappa shape index (κ1) is 28.9. The van der Waals surface area contributed by atoms with Crippen molar-refractivity contribution in [2.24, 2.45) is 17.8 Å². The number of benzene rings is 2. The highest BCUT2D eigenvalue weighted by atomic mass is 35.5. The molecule has 3 amide bonds. The van der Waals surface area contributed by atoms with Crippen LogP contribution in [-0.4, -0.2) is 53.0 Å². The van der Waals surface area contributed by atoms with Gasteiger partial charge < -0.3 is 20.3 Å². The maximum Gasteiger partial charge on any atom is 0.246 e. The average molecular weight is 590 g/mol. The molecule has 2 N–H and O–H groups in total. The molecule has 42 heavy (non-hydrogen) atoms. The van der Waals surface area contributed by atoms with Gasteiger partial charge >= 0.3 is 0 Å². The molecule has 8 heteroatoms. The lowest BCUT2D eigenvalue weighted by atomic mass is 9.74. The quantitative estimate of drug-likeness (QED) is 0.399. The minimum Gasteiger partial charge on any atom is -0.359 e. The molecule has 2 aromatic carbocycles. The molecule has 3 fully saturated rings. The average Bonchev–Trinajstić information content (AvgIpc) is 3.61. The summed E-state index contributed by atoms with van der Waals surface area (Å²) in [5.74, 6) is -1.41. The van der Waals surface area contributed by atoms with E-state index in [0.29, 0.717) is 35.5 Å². The van der Waals surface area contributed by atoms with E-state index in [2.05, 4.69) is 31.4 Å². The van der Waals surface area contributed by atoms with Crippen LogP contribution in [0.3, 0.4) is 0 Å². The molecule has 0 unspecified atom stereocenters. The summed E-state index contributed by atoms with van der Waals surface area (Å²) >= 11 is 6.08. The van der Waals surface area contributed by atoms with Crippen LogP contribution in [0, 0.1) is 17.8 Å². The predicted octanol–water partition coefficient (Wildman–Crippen LogP) is 5.49. The Morgan fingerprint density at radius 3 is 2.45 bits per heavy atom. The fraction of sp³-hybridized carbons (Fsp3) is 0.500. The normalized spacial score (nSPS) is 31.5. The molecule has 2 bridgehead atoms. The van der Waals surface area contributed by atoms with E-state index in [1.165, 1.54) is 12.0 Å². The van der Waals surface area contributed by atoms with Gasteiger partial charge in [-0.25, -0.2) is 0 Å². The highest BCUT2D eigenvalue weighted by Crippen LogP contribution is 2.55. The first-order valence-electron chi connectivity index (χ1n) is 15.3. The zero-order valence-corrected chi connectivity index (χ0v) is 25.3. The number of hydrogen-bond donors (Lipinski definition) is 2. The van der Waals surface area contributed by atoms with Gasteiger partial charge in [-0.15, -0.1) is 0 Å². The van der Waals surface area contributed by atoms with Crippen LogP contribution < -0.4 is 10.6 Å². The van der Waals surface area contributed by atoms with E-state index < -0.39 is 29.6 Å². The van der Waals surface area contributed by atoms with Gasteiger partial charge in [-0.1, -0.05) is 81.6 Å². The molecule has 1 spiro atoms. The number of rotatable bonds is 8. The Labute approximate surface area is 253 Å². The number of halogens is 1. The van der Waals surface area contributed by atoms with E-state index in [1.54, 1.807) is 4.90 Å². The molecule has 7 nitrogen and oxygen atoms in total. The molecule has 6 rings (SSSR count). The number of fused-ring (bicyclic) bond motifs is 1. The van der Waals surface area contributed by atoms with E-state index in [-0.39, 0.29) is 23.8 Å². The fourth-order valence-corrected chi connectivity index (χ4v) is 7.50. The molecule has 7 atom stereocenters. The summed E-state index contributed by atoms with van der Waals surface area (Å²) in [4.78, 5) is 43.8. The van der Waals surface area contributed by atoms with E-state index in [1.807, 2.05) is 60.7 Å². The summed E-state index contributed by atoms with van der Waals surface area (Å²) < 4.78 is 6.51. The van der Waals surface area contributed by atoms with Crippen LogP contribution in [-0.2, 0) is 25.5 Å². The monoisotopic (exact) mass is 589 g/mol. The first-order chi connectivity index (χ1) is 20.2. The van der Waals surface area contributed by atoms with Crippen LogP contribution in [0.1, 0.15) is 63.5 Å². The zero-order chi connectivity index (χ0) is 29.6. The van der Waals surface area contributed by atoms with Crippen molar-refractivity contribution in [3.63, 3.8) is 0 Å². The predicted molar refractivity (Wildman–Crippen MR) is 163 cm³/mol. The first-order valence-corrected chi connectivity index (χ1v) is 15.7. The van der Waals surface area contributed by atoms with Crippen molar-refractivity contribution in [3.05, 3.63) is 76.8 Å². The molecule has 1 saturated carbocycles. The van der Waals surface area contributed by atoms with Crippen LogP contribution >= 0.6 is 11.6 Å². The van der Waals surface area contributed by atoms with Crippen molar-refractivity contribution in [3.8, 4) is 0 Å². The number of amides is 3. The van der Waals surface area contributed by atoms with Crippen molar-refractivity contribution in [1.29, 1.82) is 0 Å². The number of hydrogen-bond acceptors (Lipinski definition) is 4. The van der Waals surface area contributed by atoms with E-state index in [9.17, 15) is 14.4 Å². The molecule has 3 heterocycles. The van der Waals surface area contributed by atoms with Gasteiger partial charge in [0.25, 0.3) is 0 Å². The number of nitrogens with one attached hydrogen (secondary N) is 2. The lowest BCUT2D eigenvalue weighted by molar-refractivity contribution is -0.141. The molecule has 0 radical (unpaired) electrons. The lowest BCUT2D eigenvalue weighted by Crippen LogP contribution is -2.57. The van der Waals surface area contributed by atoms with E-state index >= 15 is 0 Å². The summed E-state index contributed by atoms with van der Waals surface area (Å²) in [6.45, 7) is 6.76. The SMILES string of the molecule is CC(C)c1ccc(NC(=O)[C@H]2[C@H]3C=C[C@@]4(O3)[C@H]2C(=O)N(CCc2ccc(Cl)cc2)[C@@H]4C(=O)N[C@@H]2CCCC[C@@H]2C)cc1. The molecule has 3 aliphatic heterocycles. The minimum absolute atomic E-state index is 0.0606. The largest absolute Gasteiger partial charge is 0.359 e. The highest BCUT2D eigenvalue weighted by molar-refractivity contribution is 6.30. The third-order valence-electron chi connectivity index (χ3n) is 9.76. The standard InChI is InChI=1S/C34H40ClN3O4/c1-20(2)23-10-14-25(15-11-23)36-31(39)28-27-16-18-34(42-27)29(28)33(41)38(19-17-22-8-12-24(35)13-9-22)30(34)32(40)37-26-7-5-4-6-21(26)3/h8-16,18,20-21,26-30H,4-7,17,19H2,1-3H3,(H,36,39)(H,37,40)/t21-,26+,27+,28-,29+,30+,34+/m0/s1. The Hall–Kier alpha value is -3.16. The van der Waals surface area contributed by atoms with Gasteiger partial charge in [-0.05, 0) is 66.5 Å². The Bertz CT molecular complexity index is 1370. The summed E-state index contributed by atoms with van der Waals surface area (Å²) in [6.07, 6.45) is 7.97. The topological polar surface area (TPSA) is 87.7 Å². The summed E-state index contributed by atoms with van der Waals surface area (Å²) in [5, 5.41) is 6.96. The van der Waals surface area contributed by atoms with Crippen molar-refractivity contribution in [2.45, 2.75) is 82.6 Å². The molecular weight excluding hydrogens is 550 g/mol. The van der Waals surface area contributed by atoms with Crippen LogP contribution in [0.15, 0.2) is 60.7 Å². The van der Waals surface area contributed by atoms with Crippen molar-refractivity contribution in [2.75, 3.05) is 11.9 Å². The van der Waals surface area contributed by atoms with Crippen molar-refractivity contribution in [1.82, 2.24) is 10.2 Å². The second-order valence-corrected chi connectivity index (χ2v) is 13.2. The van der Waals surface area contributed by atoms with Gasteiger partial charge in [-0.3, -0.25) is 14.4 Å². The Morgan fingerprint density at radius 2 is 1.76 bits per heavy atom. The van der Waals surface area contributed by atoms with Gasteiger partial charge in [0.15, 0.2) is 0 Å². The number of carbonyl (C=O) groups excluding carboxylic acids is 3. The second-order valence-electron chi connectivity index (χ2n) is 12.8. The van der Waals surface area contributed by atoms with Crippen molar-refractivity contribution < 1.29 is 19.1 Å². The van der Waals surface area contributed by atoms with E-state index in [0.717, 1.165) is 24.8 Å². The van der Waals surface area contributed by atoms with Gasteiger partial charge in [0, 0.05) is 23.3 Å². The summed E-state index contributed by atoms with van der Waals surface area (Å²) in [5.41, 5.74) is 1.70. The third kappa shape index (κ3) is 5.15. The van der Waals surface area contributed by atoms with Crippen LogP contribution in [0.4, 0.5) is 5.69 Å².